The van der Waals surface area contributed by atoms with Gasteiger partial charge in [0.1, 0.15) is 11.8 Å². The summed E-state index contributed by atoms with van der Waals surface area (Å²) in [5, 5.41) is 2.58. The third kappa shape index (κ3) is 6.21. The first-order valence-electron chi connectivity index (χ1n) is 11.9. The van der Waals surface area contributed by atoms with E-state index in [9.17, 15) is 14.2 Å². The average molecular weight is 553 g/mol. The second-order valence-electron chi connectivity index (χ2n) is 9.40. The monoisotopic (exact) mass is 552 g/mol. The number of carbonyl (C=O) groups excluding carboxylic acids is 1. The molecule has 38 heavy (non-hydrogen) atoms. The summed E-state index contributed by atoms with van der Waals surface area (Å²) in [5.74, 6) is -0.576. The van der Waals surface area contributed by atoms with E-state index < -0.39 is 43.3 Å². The summed E-state index contributed by atoms with van der Waals surface area (Å²) >= 11 is 0. The zero-order valence-electron chi connectivity index (χ0n) is 21.3. The molecule has 0 aliphatic carbocycles. The van der Waals surface area contributed by atoms with Crippen LogP contribution in [0.3, 0.4) is 0 Å². The maximum absolute atomic E-state index is 15.7. The standard InChI is InChI=1S/C23H30FN6O7P/c1-13(2)35-20(32)14(3)29-38(33,37-15-8-6-5-7-9-15)34-11-16-10-23(4,24)21(36-16)30-12-26-17-18(30)27-22(25)28-19(17)31/h5-9,12-14,16,21H,10-11H2,1-4H3,(H,29,33)(H3,25,27,28,31)/t14-,16?,21?,23?,38-/m0/s1. The lowest BCUT2D eigenvalue weighted by molar-refractivity contribution is -0.149. The highest BCUT2D eigenvalue weighted by Crippen LogP contribution is 2.47. The van der Waals surface area contributed by atoms with E-state index in [1.54, 1.807) is 44.2 Å². The van der Waals surface area contributed by atoms with Crippen LogP contribution in [0.1, 0.15) is 40.3 Å². The minimum absolute atomic E-state index is 0.0227. The normalized spacial score (nSPS) is 23.8. The molecule has 0 spiro atoms. The average Bonchev–Trinajstić information content (AvgIpc) is 3.37. The summed E-state index contributed by atoms with van der Waals surface area (Å²) in [5.41, 5.74) is 3.17. The van der Waals surface area contributed by atoms with Crippen molar-refractivity contribution in [2.75, 3.05) is 12.3 Å². The molecule has 3 aromatic rings. The number of nitrogens with zero attached hydrogens (tertiary/aromatic N) is 3. The summed E-state index contributed by atoms with van der Waals surface area (Å²) in [6, 6.07) is 7.20. The van der Waals surface area contributed by atoms with Gasteiger partial charge in [0.25, 0.3) is 5.56 Å². The molecule has 1 aliphatic heterocycles. The molecular formula is C23H30FN6O7P. The highest BCUT2D eigenvalue weighted by atomic mass is 31.2. The fourth-order valence-corrected chi connectivity index (χ4v) is 5.52. The number of anilines is 1. The number of para-hydroxylation sites is 1. The van der Waals surface area contributed by atoms with Crippen LogP contribution in [-0.2, 0) is 23.4 Å². The first-order valence-corrected chi connectivity index (χ1v) is 13.5. The van der Waals surface area contributed by atoms with Crippen molar-refractivity contribution in [2.24, 2.45) is 0 Å². The van der Waals surface area contributed by atoms with Crippen molar-refractivity contribution in [2.45, 2.75) is 64.3 Å². The summed E-state index contributed by atoms with van der Waals surface area (Å²) in [7, 11) is -4.17. The molecule has 206 valence electrons. The SMILES string of the molecule is CC(C)OC(=O)[C@H](C)N[P@](=O)(OCC1CC(C)(F)C(n2cnc3c(=O)[nH]c(N)nc32)O1)Oc1ccccc1. The number of halogens is 1. The number of aromatic nitrogens is 4. The number of fused-ring (bicyclic) bond motifs is 1. The molecular weight excluding hydrogens is 522 g/mol. The van der Waals surface area contributed by atoms with Crippen LogP contribution < -0.4 is 20.9 Å². The Morgan fingerprint density at radius 2 is 2.08 bits per heavy atom. The van der Waals surface area contributed by atoms with Gasteiger partial charge >= 0.3 is 13.7 Å². The third-order valence-electron chi connectivity index (χ3n) is 5.62. The summed E-state index contributed by atoms with van der Waals surface area (Å²) in [6.45, 7) is 5.81. The molecule has 15 heteroatoms. The molecule has 0 radical (unpaired) electrons. The zero-order chi connectivity index (χ0) is 27.7. The molecule has 13 nitrogen and oxygen atoms in total. The van der Waals surface area contributed by atoms with Gasteiger partial charge in [-0.2, -0.15) is 10.1 Å². The van der Waals surface area contributed by atoms with E-state index in [2.05, 4.69) is 20.0 Å². The van der Waals surface area contributed by atoms with E-state index in [0.29, 0.717) is 0 Å². The molecule has 4 rings (SSSR count). The number of benzene rings is 1. The quantitative estimate of drug-likeness (QED) is 0.249. The molecule has 1 fully saturated rings. The van der Waals surface area contributed by atoms with Gasteiger partial charge in [0.2, 0.25) is 5.95 Å². The Labute approximate surface area is 217 Å². The Balaban J connectivity index is 1.52. The fraction of sp³-hybridized carbons (Fsp3) is 0.478. The van der Waals surface area contributed by atoms with Crippen LogP contribution in [0.5, 0.6) is 5.75 Å². The van der Waals surface area contributed by atoms with Gasteiger partial charge in [0.05, 0.1) is 25.1 Å². The number of rotatable bonds is 10. The lowest BCUT2D eigenvalue weighted by Crippen LogP contribution is -2.36. The van der Waals surface area contributed by atoms with Crippen LogP contribution in [0.25, 0.3) is 11.2 Å². The Bertz CT molecular complexity index is 1400. The maximum atomic E-state index is 15.7. The lowest BCUT2D eigenvalue weighted by Gasteiger charge is -2.24. The maximum Gasteiger partial charge on any atom is 0.459 e. The number of carbonyl (C=O) groups is 1. The van der Waals surface area contributed by atoms with E-state index in [-0.39, 0.29) is 42.0 Å². The number of ether oxygens (including phenoxy) is 2. The van der Waals surface area contributed by atoms with Crippen molar-refractivity contribution < 1.29 is 32.3 Å². The second kappa shape index (κ2) is 10.8. The number of H-pyrrole nitrogens is 1. The zero-order valence-corrected chi connectivity index (χ0v) is 22.2. The van der Waals surface area contributed by atoms with Crippen molar-refractivity contribution >= 4 is 30.8 Å². The third-order valence-corrected chi connectivity index (χ3v) is 7.27. The van der Waals surface area contributed by atoms with Crippen LogP contribution >= 0.6 is 7.75 Å². The number of hydrogen-bond donors (Lipinski definition) is 3. The molecule has 5 atom stereocenters. The second-order valence-corrected chi connectivity index (χ2v) is 11.1. The number of nitrogens with two attached hydrogens (primary N) is 1. The number of nitrogen functional groups attached to an aromatic ring is 1. The van der Waals surface area contributed by atoms with Gasteiger partial charge in [0.15, 0.2) is 23.1 Å². The molecule has 3 heterocycles. The topological polar surface area (TPSA) is 173 Å². The first kappa shape index (κ1) is 27.7. The minimum atomic E-state index is -4.17. The Morgan fingerprint density at radius 1 is 1.37 bits per heavy atom. The van der Waals surface area contributed by atoms with Gasteiger partial charge in [-0.05, 0) is 39.8 Å². The lowest BCUT2D eigenvalue weighted by atomic mass is 10.0. The molecule has 0 bridgehead atoms. The van der Waals surface area contributed by atoms with Crippen LogP contribution in [0, 0.1) is 0 Å². The van der Waals surface area contributed by atoms with Crippen LogP contribution in [0.4, 0.5) is 10.3 Å². The van der Waals surface area contributed by atoms with Crippen molar-refractivity contribution in [3.05, 3.63) is 47.0 Å². The van der Waals surface area contributed by atoms with E-state index in [1.807, 2.05) is 0 Å². The molecule has 0 amide bonds. The number of aromatic amines is 1. The first-order chi connectivity index (χ1) is 17.9. The predicted molar refractivity (Wildman–Crippen MR) is 135 cm³/mol. The van der Waals surface area contributed by atoms with Gasteiger partial charge in [-0.25, -0.2) is 13.9 Å². The summed E-state index contributed by atoms with van der Waals surface area (Å²) < 4.78 is 52.9. The smallest absolute Gasteiger partial charge is 0.459 e. The van der Waals surface area contributed by atoms with Gasteiger partial charge in [0, 0.05) is 6.42 Å². The fourth-order valence-electron chi connectivity index (χ4n) is 4.00. The number of hydrogen-bond acceptors (Lipinski definition) is 10. The van der Waals surface area contributed by atoms with Crippen molar-refractivity contribution in [1.29, 1.82) is 0 Å². The molecule has 3 unspecified atom stereocenters. The van der Waals surface area contributed by atoms with E-state index in [4.69, 9.17) is 24.3 Å². The van der Waals surface area contributed by atoms with Crippen LogP contribution in [0.2, 0.25) is 0 Å². The van der Waals surface area contributed by atoms with Crippen molar-refractivity contribution in [3.63, 3.8) is 0 Å². The number of alkyl halides is 1. The molecule has 1 saturated heterocycles. The summed E-state index contributed by atoms with van der Waals surface area (Å²) in [4.78, 5) is 34.8. The Hall–Kier alpha value is -3.32. The highest BCUT2D eigenvalue weighted by molar-refractivity contribution is 7.52. The highest BCUT2D eigenvalue weighted by Gasteiger charge is 2.48. The minimum Gasteiger partial charge on any atom is -0.462 e. The van der Waals surface area contributed by atoms with Gasteiger partial charge in [-0.15, -0.1) is 0 Å². The van der Waals surface area contributed by atoms with Gasteiger partial charge in [-0.1, -0.05) is 18.2 Å². The van der Waals surface area contributed by atoms with E-state index in [1.165, 1.54) is 24.7 Å². The Kier molecular flexibility index (Phi) is 7.88. The molecule has 2 aromatic heterocycles. The van der Waals surface area contributed by atoms with E-state index in [0.717, 1.165) is 0 Å². The van der Waals surface area contributed by atoms with Crippen LogP contribution in [0.15, 0.2) is 41.5 Å². The number of esters is 1. The van der Waals surface area contributed by atoms with Crippen LogP contribution in [-0.4, -0.2) is 56.0 Å². The molecule has 1 aromatic carbocycles. The number of nitrogens with one attached hydrogen (secondary N) is 2. The van der Waals surface area contributed by atoms with Crippen molar-refractivity contribution in [1.82, 2.24) is 24.6 Å². The summed E-state index contributed by atoms with van der Waals surface area (Å²) in [6.07, 6.45) is -1.39. The predicted octanol–water partition coefficient (Wildman–Crippen LogP) is 2.85. The number of imidazole rings is 1. The molecule has 4 N–H and O–H groups in total. The Morgan fingerprint density at radius 3 is 2.76 bits per heavy atom. The molecule has 1 aliphatic rings. The molecule has 0 saturated carbocycles. The van der Waals surface area contributed by atoms with Crippen molar-refractivity contribution in [3.8, 4) is 5.75 Å². The van der Waals surface area contributed by atoms with E-state index >= 15 is 4.39 Å². The largest absolute Gasteiger partial charge is 0.462 e. The van der Waals surface area contributed by atoms with Gasteiger partial charge < -0.3 is 19.7 Å². The van der Waals surface area contributed by atoms with Gasteiger partial charge in [-0.3, -0.25) is 23.7 Å².